The fourth-order valence-corrected chi connectivity index (χ4v) is 2.42. The highest BCUT2D eigenvalue weighted by atomic mass is 16.3. The molecule has 0 amide bonds. The second kappa shape index (κ2) is 3.58. The van der Waals surface area contributed by atoms with E-state index >= 15 is 0 Å². The molecule has 0 radical (unpaired) electrons. The van der Waals surface area contributed by atoms with Gasteiger partial charge in [0.1, 0.15) is 0 Å². The van der Waals surface area contributed by atoms with Crippen LogP contribution in [0.3, 0.4) is 0 Å². The van der Waals surface area contributed by atoms with Gasteiger partial charge in [-0.2, -0.15) is 0 Å². The minimum Gasteiger partial charge on any atom is -0.395 e. The van der Waals surface area contributed by atoms with Crippen molar-refractivity contribution < 1.29 is 5.11 Å². The van der Waals surface area contributed by atoms with E-state index in [1.807, 2.05) is 0 Å². The highest BCUT2D eigenvalue weighted by molar-refractivity contribution is 5.02. The molecule has 0 saturated carbocycles. The van der Waals surface area contributed by atoms with Gasteiger partial charge in [-0.15, -0.1) is 0 Å². The molecule has 2 nitrogen and oxygen atoms in total. The van der Waals surface area contributed by atoms with Crippen LogP contribution in [0.2, 0.25) is 0 Å². The van der Waals surface area contributed by atoms with Gasteiger partial charge in [0.05, 0.1) is 6.61 Å². The Kier molecular flexibility index (Phi) is 2.47. The van der Waals surface area contributed by atoms with Crippen molar-refractivity contribution in [2.45, 2.75) is 12.8 Å². The number of allylic oxidation sites excluding steroid dienone is 1. The second-order valence-electron chi connectivity index (χ2n) is 3.91. The summed E-state index contributed by atoms with van der Waals surface area (Å²) in [6.45, 7) is 3.54. The molecule has 0 aromatic carbocycles. The monoisotopic (exact) mass is 167 g/mol. The number of aliphatic hydroxyl groups excluding tert-OH is 1. The fraction of sp³-hybridized carbons (Fsp3) is 0.800. The standard InChI is InChI=1S/C10H17NO/c12-6-5-11-7-9-3-1-2-4-10(9)8-11/h1,3,9-10,12H,2,4-8H2. The maximum atomic E-state index is 8.80. The third-order valence-corrected chi connectivity index (χ3v) is 3.07. The third-order valence-electron chi connectivity index (χ3n) is 3.07. The van der Waals surface area contributed by atoms with Crippen LogP contribution in [0.15, 0.2) is 12.2 Å². The normalized spacial score (nSPS) is 35.4. The molecule has 2 rings (SSSR count). The zero-order valence-electron chi connectivity index (χ0n) is 7.45. The maximum absolute atomic E-state index is 8.80. The molecule has 68 valence electrons. The van der Waals surface area contributed by atoms with E-state index in [0.29, 0.717) is 6.61 Å². The highest BCUT2D eigenvalue weighted by Crippen LogP contribution is 2.31. The second-order valence-corrected chi connectivity index (χ2v) is 3.91. The summed E-state index contributed by atoms with van der Waals surface area (Å²) in [6, 6.07) is 0. The number of aliphatic hydroxyl groups is 1. The van der Waals surface area contributed by atoms with Crippen LogP contribution in [-0.4, -0.2) is 36.2 Å². The fourth-order valence-electron chi connectivity index (χ4n) is 2.42. The summed E-state index contributed by atoms with van der Waals surface area (Å²) in [5.41, 5.74) is 0. The predicted octanol–water partition coefficient (Wildman–Crippen LogP) is 0.877. The van der Waals surface area contributed by atoms with Crippen molar-refractivity contribution in [2.24, 2.45) is 11.8 Å². The Bertz CT molecular complexity index is 179. The summed E-state index contributed by atoms with van der Waals surface area (Å²) < 4.78 is 0. The van der Waals surface area contributed by atoms with E-state index in [2.05, 4.69) is 17.1 Å². The number of hydrogen-bond acceptors (Lipinski definition) is 2. The van der Waals surface area contributed by atoms with Crippen molar-refractivity contribution in [3.63, 3.8) is 0 Å². The van der Waals surface area contributed by atoms with Crippen molar-refractivity contribution >= 4 is 0 Å². The average Bonchev–Trinajstić information content (AvgIpc) is 2.47. The largest absolute Gasteiger partial charge is 0.395 e. The number of rotatable bonds is 2. The van der Waals surface area contributed by atoms with Crippen LogP contribution in [0.25, 0.3) is 0 Å². The van der Waals surface area contributed by atoms with Crippen molar-refractivity contribution in [3.8, 4) is 0 Å². The Morgan fingerprint density at radius 2 is 2.33 bits per heavy atom. The van der Waals surface area contributed by atoms with Gasteiger partial charge in [0.2, 0.25) is 0 Å². The van der Waals surface area contributed by atoms with Crippen LogP contribution in [0.5, 0.6) is 0 Å². The molecule has 0 aromatic heterocycles. The molecule has 12 heavy (non-hydrogen) atoms. The van der Waals surface area contributed by atoms with Crippen LogP contribution in [0.1, 0.15) is 12.8 Å². The quantitative estimate of drug-likeness (QED) is 0.617. The Morgan fingerprint density at radius 1 is 1.42 bits per heavy atom. The van der Waals surface area contributed by atoms with Crippen molar-refractivity contribution in [1.29, 1.82) is 0 Å². The third kappa shape index (κ3) is 1.54. The first-order valence-electron chi connectivity index (χ1n) is 4.90. The van der Waals surface area contributed by atoms with E-state index in [-0.39, 0.29) is 0 Å². The summed E-state index contributed by atoms with van der Waals surface area (Å²) >= 11 is 0. The van der Waals surface area contributed by atoms with Gasteiger partial charge in [-0.1, -0.05) is 12.2 Å². The van der Waals surface area contributed by atoms with Crippen LogP contribution in [-0.2, 0) is 0 Å². The summed E-state index contributed by atoms with van der Waals surface area (Å²) in [5.74, 6) is 1.66. The van der Waals surface area contributed by atoms with Crippen molar-refractivity contribution in [3.05, 3.63) is 12.2 Å². The lowest BCUT2D eigenvalue weighted by molar-refractivity contribution is 0.216. The van der Waals surface area contributed by atoms with E-state index in [0.717, 1.165) is 18.4 Å². The SMILES string of the molecule is OCCN1CC2C=CCCC2C1. The number of fused-ring (bicyclic) bond motifs is 1. The van der Waals surface area contributed by atoms with Gasteiger partial charge >= 0.3 is 0 Å². The lowest BCUT2D eigenvalue weighted by Gasteiger charge is -2.17. The molecule has 0 spiro atoms. The molecule has 2 atom stereocenters. The first-order valence-corrected chi connectivity index (χ1v) is 4.90. The Balaban J connectivity index is 1.91. The molecular weight excluding hydrogens is 150 g/mol. The van der Waals surface area contributed by atoms with Gasteiger partial charge < -0.3 is 10.0 Å². The zero-order chi connectivity index (χ0) is 8.39. The molecular formula is C10H17NO. The van der Waals surface area contributed by atoms with E-state index < -0.39 is 0 Å². The lowest BCUT2D eigenvalue weighted by Crippen LogP contribution is -2.24. The zero-order valence-corrected chi connectivity index (χ0v) is 7.45. The molecule has 0 bridgehead atoms. The number of hydrogen-bond donors (Lipinski definition) is 1. The summed E-state index contributed by atoms with van der Waals surface area (Å²) in [6.07, 6.45) is 7.28. The molecule has 1 heterocycles. The molecule has 0 aromatic rings. The van der Waals surface area contributed by atoms with Crippen LogP contribution in [0.4, 0.5) is 0 Å². The van der Waals surface area contributed by atoms with Crippen LogP contribution in [0, 0.1) is 11.8 Å². The minimum absolute atomic E-state index is 0.309. The Morgan fingerprint density at radius 3 is 3.08 bits per heavy atom. The van der Waals surface area contributed by atoms with Gasteiger partial charge in [-0.25, -0.2) is 0 Å². The minimum atomic E-state index is 0.309. The molecule has 1 fully saturated rings. The molecule has 1 N–H and O–H groups in total. The van der Waals surface area contributed by atoms with Gasteiger partial charge in [0.25, 0.3) is 0 Å². The topological polar surface area (TPSA) is 23.5 Å². The molecule has 1 aliphatic carbocycles. The Labute approximate surface area is 73.9 Å². The summed E-state index contributed by atoms with van der Waals surface area (Å²) in [5, 5.41) is 8.80. The first-order chi connectivity index (χ1) is 5.90. The van der Waals surface area contributed by atoms with Crippen molar-refractivity contribution in [2.75, 3.05) is 26.2 Å². The molecule has 1 saturated heterocycles. The number of nitrogens with zero attached hydrogens (tertiary/aromatic N) is 1. The molecule has 1 aliphatic heterocycles. The average molecular weight is 167 g/mol. The van der Waals surface area contributed by atoms with E-state index in [1.54, 1.807) is 0 Å². The highest BCUT2D eigenvalue weighted by Gasteiger charge is 2.31. The van der Waals surface area contributed by atoms with Gasteiger partial charge in [-0.05, 0) is 24.7 Å². The smallest absolute Gasteiger partial charge is 0.0558 e. The van der Waals surface area contributed by atoms with E-state index in [4.69, 9.17) is 5.11 Å². The molecule has 2 unspecified atom stereocenters. The van der Waals surface area contributed by atoms with E-state index in [1.165, 1.54) is 25.9 Å². The number of β-amino-alcohol motifs (C(OH)–C–C–N with tert-alkyl or cyclic N) is 1. The lowest BCUT2D eigenvalue weighted by atomic mass is 9.87. The predicted molar refractivity (Wildman–Crippen MR) is 48.9 cm³/mol. The molecule has 2 aliphatic rings. The van der Waals surface area contributed by atoms with Gasteiger partial charge in [-0.3, -0.25) is 0 Å². The summed E-state index contributed by atoms with van der Waals surface area (Å²) in [7, 11) is 0. The summed E-state index contributed by atoms with van der Waals surface area (Å²) in [4.78, 5) is 2.38. The molecule has 2 heteroatoms. The van der Waals surface area contributed by atoms with Gasteiger partial charge in [0, 0.05) is 19.6 Å². The number of likely N-dealkylation sites (tertiary alicyclic amines) is 1. The van der Waals surface area contributed by atoms with E-state index in [9.17, 15) is 0 Å². The van der Waals surface area contributed by atoms with Crippen LogP contribution < -0.4 is 0 Å². The first kappa shape index (κ1) is 8.27. The Hall–Kier alpha value is -0.340. The van der Waals surface area contributed by atoms with Crippen LogP contribution >= 0.6 is 0 Å². The van der Waals surface area contributed by atoms with Crippen molar-refractivity contribution in [1.82, 2.24) is 4.90 Å². The maximum Gasteiger partial charge on any atom is 0.0558 e. The van der Waals surface area contributed by atoms with Gasteiger partial charge in [0.15, 0.2) is 0 Å².